The zero-order valence-corrected chi connectivity index (χ0v) is 12.8. The number of carbonyl (C=O) groups excluding carboxylic acids is 2. The molecular weight excluding hydrogens is 248 g/mol. The number of hydrogen-bond donors (Lipinski definition) is 1. The molecule has 0 aliphatic heterocycles. The van der Waals surface area contributed by atoms with Gasteiger partial charge < -0.3 is 19.7 Å². The number of esters is 1. The number of ether oxygens (including phenoxy) is 2. The molecule has 0 rings (SSSR count). The van der Waals surface area contributed by atoms with Gasteiger partial charge in [-0.15, -0.1) is 0 Å². The van der Waals surface area contributed by atoms with Gasteiger partial charge in [0.2, 0.25) is 0 Å². The molecule has 6 heteroatoms. The summed E-state index contributed by atoms with van der Waals surface area (Å²) in [5, 5.41) is 2.54. The number of methoxy groups -OCH3 is 1. The Morgan fingerprint density at radius 2 is 1.84 bits per heavy atom. The average Bonchev–Trinajstić information content (AvgIpc) is 2.23. The van der Waals surface area contributed by atoms with E-state index in [2.05, 4.69) is 10.1 Å². The quantitative estimate of drug-likeness (QED) is 0.741. The lowest BCUT2D eigenvalue weighted by atomic mass is 10.1. The molecule has 0 aliphatic rings. The fraction of sp³-hybridized carbons (Fsp3) is 0.846. The molecule has 6 nitrogen and oxygen atoms in total. The maximum absolute atomic E-state index is 11.6. The van der Waals surface area contributed by atoms with Crippen molar-refractivity contribution in [1.82, 2.24) is 10.2 Å². The first-order valence-electron chi connectivity index (χ1n) is 6.38. The van der Waals surface area contributed by atoms with Crippen molar-refractivity contribution in [3.05, 3.63) is 0 Å². The van der Waals surface area contributed by atoms with Crippen molar-refractivity contribution in [2.45, 2.75) is 45.3 Å². The SMILES string of the molecule is COC(=O)[C@H](CCCN(C)C)NC(=O)OC(C)(C)C. The summed E-state index contributed by atoms with van der Waals surface area (Å²) in [6.07, 6.45) is 0.694. The summed E-state index contributed by atoms with van der Waals surface area (Å²) < 4.78 is 9.80. The highest BCUT2D eigenvalue weighted by molar-refractivity contribution is 5.81. The molecule has 0 heterocycles. The van der Waals surface area contributed by atoms with Crippen LogP contribution in [0.2, 0.25) is 0 Å². The van der Waals surface area contributed by atoms with Gasteiger partial charge in [0, 0.05) is 0 Å². The number of alkyl carbamates (subject to hydrolysis) is 1. The van der Waals surface area contributed by atoms with Crippen LogP contribution < -0.4 is 5.32 Å². The second-order valence-electron chi connectivity index (χ2n) is 5.67. The van der Waals surface area contributed by atoms with E-state index in [0.717, 1.165) is 13.0 Å². The standard InChI is InChI=1S/C13H26N2O4/c1-13(2,3)19-12(17)14-10(11(16)18-6)8-7-9-15(4)5/h10H,7-9H2,1-6H3,(H,14,17)/t10-/m0/s1. The smallest absolute Gasteiger partial charge is 0.408 e. The number of amides is 1. The van der Waals surface area contributed by atoms with Crippen molar-refractivity contribution in [1.29, 1.82) is 0 Å². The lowest BCUT2D eigenvalue weighted by Crippen LogP contribution is -2.44. The summed E-state index contributed by atoms with van der Waals surface area (Å²) in [5.41, 5.74) is -0.589. The average molecular weight is 274 g/mol. The predicted molar refractivity (Wildman–Crippen MR) is 73.0 cm³/mol. The molecule has 0 fully saturated rings. The van der Waals surface area contributed by atoms with Crippen LogP contribution >= 0.6 is 0 Å². The van der Waals surface area contributed by atoms with Crippen molar-refractivity contribution < 1.29 is 19.1 Å². The summed E-state index contributed by atoms with van der Waals surface area (Å²) in [6.45, 7) is 6.15. The van der Waals surface area contributed by atoms with E-state index < -0.39 is 23.7 Å². The lowest BCUT2D eigenvalue weighted by molar-refractivity contribution is -0.143. The summed E-state index contributed by atoms with van der Waals surface area (Å²) in [6, 6.07) is -0.667. The molecule has 1 N–H and O–H groups in total. The molecule has 1 atom stereocenters. The van der Waals surface area contributed by atoms with E-state index in [0.29, 0.717) is 6.42 Å². The lowest BCUT2D eigenvalue weighted by Gasteiger charge is -2.22. The van der Waals surface area contributed by atoms with E-state index >= 15 is 0 Å². The Kier molecular flexibility index (Phi) is 7.44. The summed E-state index contributed by atoms with van der Waals surface area (Å²) in [5.74, 6) is -0.454. The summed E-state index contributed by atoms with van der Waals surface area (Å²) in [4.78, 5) is 25.2. The van der Waals surface area contributed by atoms with Gasteiger partial charge in [0.05, 0.1) is 7.11 Å². The van der Waals surface area contributed by atoms with Crippen LogP contribution in [-0.2, 0) is 14.3 Å². The van der Waals surface area contributed by atoms with Crippen LogP contribution in [0.5, 0.6) is 0 Å². The Labute approximate surface area is 115 Å². The minimum atomic E-state index is -0.667. The third-order valence-corrected chi connectivity index (χ3v) is 2.27. The van der Waals surface area contributed by atoms with Crippen LogP contribution in [0.4, 0.5) is 4.79 Å². The number of carbonyl (C=O) groups is 2. The summed E-state index contributed by atoms with van der Waals surface area (Å²) >= 11 is 0. The fourth-order valence-corrected chi connectivity index (χ4v) is 1.45. The van der Waals surface area contributed by atoms with Crippen molar-refractivity contribution in [2.75, 3.05) is 27.7 Å². The Morgan fingerprint density at radius 3 is 2.26 bits per heavy atom. The van der Waals surface area contributed by atoms with Gasteiger partial charge in [0.1, 0.15) is 11.6 Å². The number of hydrogen-bond acceptors (Lipinski definition) is 5. The van der Waals surface area contributed by atoms with Gasteiger partial charge in [-0.1, -0.05) is 0 Å². The molecule has 0 aliphatic carbocycles. The van der Waals surface area contributed by atoms with Gasteiger partial charge in [-0.25, -0.2) is 9.59 Å². The zero-order valence-electron chi connectivity index (χ0n) is 12.8. The van der Waals surface area contributed by atoms with Gasteiger partial charge in [0.25, 0.3) is 0 Å². The number of nitrogens with zero attached hydrogens (tertiary/aromatic N) is 1. The van der Waals surface area contributed by atoms with Crippen LogP contribution in [0.15, 0.2) is 0 Å². The predicted octanol–water partition coefficient (Wildman–Crippen LogP) is 1.39. The summed E-state index contributed by atoms with van der Waals surface area (Å²) in [7, 11) is 5.21. The molecule has 19 heavy (non-hydrogen) atoms. The van der Waals surface area contributed by atoms with Crippen LogP contribution in [0.3, 0.4) is 0 Å². The zero-order chi connectivity index (χ0) is 15.1. The minimum absolute atomic E-state index is 0.454. The van der Waals surface area contributed by atoms with E-state index in [9.17, 15) is 9.59 Å². The molecule has 0 aromatic rings. The highest BCUT2D eigenvalue weighted by Crippen LogP contribution is 2.08. The first-order valence-corrected chi connectivity index (χ1v) is 6.38. The van der Waals surface area contributed by atoms with Gasteiger partial charge >= 0.3 is 12.1 Å². The highest BCUT2D eigenvalue weighted by atomic mass is 16.6. The second kappa shape index (κ2) is 7.99. The van der Waals surface area contributed by atoms with Gasteiger partial charge in [-0.2, -0.15) is 0 Å². The highest BCUT2D eigenvalue weighted by Gasteiger charge is 2.24. The van der Waals surface area contributed by atoms with Gasteiger partial charge in [-0.05, 0) is 54.3 Å². The first-order chi connectivity index (χ1) is 8.65. The molecule has 1 amide bonds. The second-order valence-corrected chi connectivity index (χ2v) is 5.67. The fourth-order valence-electron chi connectivity index (χ4n) is 1.45. The molecule has 0 spiro atoms. The van der Waals surface area contributed by atoms with Gasteiger partial charge in [-0.3, -0.25) is 0 Å². The van der Waals surface area contributed by atoms with E-state index in [-0.39, 0.29) is 0 Å². The Morgan fingerprint density at radius 1 is 1.26 bits per heavy atom. The van der Waals surface area contributed by atoms with Crippen LogP contribution in [0, 0.1) is 0 Å². The van der Waals surface area contributed by atoms with Crippen molar-refractivity contribution in [3.63, 3.8) is 0 Å². The third kappa shape index (κ3) is 9.30. The minimum Gasteiger partial charge on any atom is -0.467 e. The maximum atomic E-state index is 11.6. The van der Waals surface area contributed by atoms with Crippen molar-refractivity contribution >= 4 is 12.1 Å². The van der Waals surface area contributed by atoms with Gasteiger partial charge in [0.15, 0.2) is 0 Å². The molecule has 112 valence electrons. The van der Waals surface area contributed by atoms with E-state index in [1.165, 1.54) is 7.11 Å². The maximum Gasteiger partial charge on any atom is 0.408 e. The Bertz CT molecular complexity index is 298. The monoisotopic (exact) mass is 274 g/mol. The van der Waals surface area contributed by atoms with Crippen molar-refractivity contribution in [3.8, 4) is 0 Å². The number of nitrogens with one attached hydrogen (secondary N) is 1. The molecule has 0 saturated heterocycles. The third-order valence-electron chi connectivity index (χ3n) is 2.27. The molecule has 0 aromatic heterocycles. The van der Waals surface area contributed by atoms with Crippen LogP contribution in [-0.4, -0.2) is 56.4 Å². The largest absolute Gasteiger partial charge is 0.467 e. The van der Waals surface area contributed by atoms with E-state index in [1.807, 2.05) is 19.0 Å². The molecule has 0 saturated carbocycles. The molecule has 0 aromatic carbocycles. The number of rotatable bonds is 6. The van der Waals surface area contributed by atoms with E-state index in [4.69, 9.17) is 4.74 Å². The molecule has 0 bridgehead atoms. The van der Waals surface area contributed by atoms with E-state index in [1.54, 1.807) is 20.8 Å². The molecule has 0 unspecified atom stereocenters. The first kappa shape index (κ1) is 17.7. The van der Waals surface area contributed by atoms with Crippen molar-refractivity contribution in [2.24, 2.45) is 0 Å². The Balaban J connectivity index is 4.35. The topological polar surface area (TPSA) is 67.9 Å². The van der Waals surface area contributed by atoms with Crippen LogP contribution in [0.25, 0.3) is 0 Å². The molecule has 0 radical (unpaired) electrons. The normalized spacial score (nSPS) is 13.0. The van der Waals surface area contributed by atoms with Crippen LogP contribution in [0.1, 0.15) is 33.6 Å². The Hall–Kier alpha value is -1.30. The molecular formula is C13H26N2O4.